The van der Waals surface area contributed by atoms with Crippen LogP contribution in [-0.2, 0) is 0 Å². The van der Waals surface area contributed by atoms with Gasteiger partial charge < -0.3 is 0 Å². The molecule has 2 fully saturated rings. The van der Waals surface area contributed by atoms with Crippen LogP contribution in [-0.4, -0.2) is 0 Å². The molecule has 2 saturated carbocycles. The summed E-state index contributed by atoms with van der Waals surface area (Å²) < 4.78 is 28.5. The summed E-state index contributed by atoms with van der Waals surface area (Å²) in [5.74, 6) is 3.08. The van der Waals surface area contributed by atoms with Crippen LogP contribution in [0.1, 0.15) is 121 Å². The zero-order valence-electron chi connectivity index (χ0n) is 22.3. The lowest BCUT2D eigenvalue weighted by Crippen LogP contribution is -2.28. The van der Waals surface area contributed by atoms with Crippen LogP contribution in [0.15, 0.2) is 30.4 Å². The van der Waals surface area contributed by atoms with Crippen LogP contribution >= 0.6 is 0 Å². The van der Waals surface area contributed by atoms with E-state index in [0.717, 1.165) is 54.4 Å². The molecule has 3 aliphatic rings. The molecule has 0 aromatic heterocycles. The summed E-state index contributed by atoms with van der Waals surface area (Å²) in [6, 6.07) is 3.48. The number of hydrogen-bond donors (Lipinski definition) is 0. The minimum Gasteiger partial charge on any atom is -0.203 e. The molecule has 0 bridgehead atoms. The molecule has 4 rings (SSSR count). The molecular formula is C33H48F2. The third-order valence-electron chi connectivity index (χ3n) is 9.72. The van der Waals surface area contributed by atoms with Crippen molar-refractivity contribution in [3.63, 3.8) is 0 Å². The van der Waals surface area contributed by atoms with Crippen molar-refractivity contribution in [2.24, 2.45) is 29.6 Å². The fourth-order valence-electron chi connectivity index (χ4n) is 7.32. The summed E-state index contributed by atoms with van der Waals surface area (Å²) in [5, 5.41) is 0. The molecule has 0 spiro atoms. The molecule has 0 radical (unpaired) electrons. The molecule has 2 heteroatoms. The summed E-state index contributed by atoms with van der Waals surface area (Å²) in [6.45, 7) is 3.90. The zero-order chi connectivity index (χ0) is 24.6. The molecule has 0 heterocycles. The maximum absolute atomic E-state index is 14.4. The lowest BCUT2D eigenvalue weighted by Gasteiger charge is -2.40. The highest BCUT2D eigenvalue weighted by Gasteiger charge is 2.33. The Hall–Kier alpha value is -1.44. The molecule has 3 aliphatic carbocycles. The van der Waals surface area contributed by atoms with Crippen LogP contribution in [0.5, 0.6) is 0 Å². The number of allylic oxidation sites excluding steroid dienone is 4. The van der Waals surface area contributed by atoms with Crippen molar-refractivity contribution in [3.05, 3.63) is 53.1 Å². The summed E-state index contributed by atoms with van der Waals surface area (Å²) in [5.41, 5.74) is 1.89. The van der Waals surface area contributed by atoms with Crippen molar-refractivity contribution in [1.82, 2.24) is 0 Å². The number of halogens is 2. The Balaban J connectivity index is 1.17. The van der Waals surface area contributed by atoms with Gasteiger partial charge in [0, 0.05) is 5.56 Å². The van der Waals surface area contributed by atoms with Crippen LogP contribution < -0.4 is 0 Å². The van der Waals surface area contributed by atoms with E-state index in [0.29, 0.717) is 11.1 Å². The van der Waals surface area contributed by atoms with Crippen molar-refractivity contribution in [2.45, 2.75) is 117 Å². The quantitative estimate of drug-likeness (QED) is 0.242. The Morgan fingerprint density at radius 3 is 2.06 bits per heavy atom. The van der Waals surface area contributed by atoms with E-state index < -0.39 is 11.6 Å². The van der Waals surface area contributed by atoms with E-state index in [2.05, 4.69) is 25.2 Å². The third kappa shape index (κ3) is 7.07. The maximum Gasteiger partial charge on any atom is 0.166 e. The van der Waals surface area contributed by atoms with Crippen molar-refractivity contribution < 1.29 is 8.78 Å². The van der Waals surface area contributed by atoms with Crippen LogP contribution in [0.2, 0.25) is 0 Å². The molecule has 194 valence electrons. The fraction of sp³-hybridized carbons (Fsp3) is 0.697. The van der Waals surface area contributed by atoms with Gasteiger partial charge in [-0.2, -0.15) is 0 Å². The monoisotopic (exact) mass is 482 g/mol. The Labute approximate surface area is 213 Å². The topological polar surface area (TPSA) is 0 Å². The van der Waals surface area contributed by atoms with Gasteiger partial charge in [-0.15, -0.1) is 0 Å². The molecule has 0 N–H and O–H groups in total. The van der Waals surface area contributed by atoms with Crippen LogP contribution in [0.25, 0.3) is 5.57 Å². The third-order valence-corrected chi connectivity index (χ3v) is 9.72. The molecule has 0 amide bonds. The highest BCUT2D eigenvalue weighted by atomic mass is 19.2. The number of benzene rings is 1. The van der Waals surface area contributed by atoms with Crippen molar-refractivity contribution in [3.8, 4) is 0 Å². The average molecular weight is 483 g/mol. The van der Waals surface area contributed by atoms with Gasteiger partial charge in [-0.25, -0.2) is 8.78 Å². The van der Waals surface area contributed by atoms with E-state index in [1.807, 2.05) is 0 Å². The smallest absolute Gasteiger partial charge is 0.166 e. The molecule has 35 heavy (non-hydrogen) atoms. The summed E-state index contributed by atoms with van der Waals surface area (Å²) in [6.07, 6.45) is 28.2. The van der Waals surface area contributed by atoms with Gasteiger partial charge >= 0.3 is 0 Å². The fourth-order valence-corrected chi connectivity index (χ4v) is 7.32. The predicted molar refractivity (Wildman–Crippen MR) is 145 cm³/mol. The molecule has 0 nitrogen and oxygen atoms in total. The lowest BCUT2D eigenvalue weighted by molar-refractivity contribution is 0.123. The van der Waals surface area contributed by atoms with E-state index in [4.69, 9.17) is 0 Å². The summed E-state index contributed by atoms with van der Waals surface area (Å²) >= 11 is 0. The van der Waals surface area contributed by atoms with Crippen molar-refractivity contribution in [1.29, 1.82) is 0 Å². The first-order valence-electron chi connectivity index (χ1n) is 14.9. The molecule has 1 unspecified atom stereocenters. The first-order chi connectivity index (χ1) is 17.1. The lowest BCUT2D eigenvalue weighted by atomic mass is 9.65. The average Bonchev–Trinajstić information content (AvgIpc) is 2.90. The highest BCUT2D eigenvalue weighted by Crippen LogP contribution is 2.46. The van der Waals surface area contributed by atoms with Gasteiger partial charge in [0.25, 0.3) is 0 Å². The Morgan fingerprint density at radius 1 is 0.771 bits per heavy atom. The maximum atomic E-state index is 14.4. The van der Waals surface area contributed by atoms with Gasteiger partial charge in [-0.1, -0.05) is 50.1 Å². The molecular weight excluding hydrogens is 434 g/mol. The van der Waals surface area contributed by atoms with Gasteiger partial charge in [-0.3, -0.25) is 0 Å². The highest BCUT2D eigenvalue weighted by molar-refractivity contribution is 5.67. The Bertz CT molecular complexity index is 850. The van der Waals surface area contributed by atoms with Gasteiger partial charge in [0.15, 0.2) is 11.6 Å². The van der Waals surface area contributed by atoms with Crippen molar-refractivity contribution >= 4 is 5.57 Å². The first kappa shape index (κ1) is 26.6. The van der Waals surface area contributed by atoms with E-state index in [1.165, 1.54) is 83.5 Å². The second kappa shape index (κ2) is 13.2. The van der Waals surface area contributed by atoms with Crippen LogP contribution in [0.4, 0.5) is 8.78 Å². The van der Waals surface area contributed by atoms with Gasteiger partial charge in [0.1, 0.15) is 0 Å². The Kier molecular flexibility index (Phi) is 10.0. The van der Waals surface area contributed by atoms with Crippen molar-refractivity contribution in [2.75, 3.05) is 0 Å². The molecule has 0 aliphatic heterocycles. The normalized spacial score (nSPS) is 29.9. The second-order valence-corrected chi connectivity index (χ2v) is 12.0. The largest absolute Gasteiger partial charge is 0.203 e. The molecule has 1 aromatic rings. The summed E-state index contributed by atoms with van der Waals surface area (Å²) in [7, 11) is 0. The first-order valence-corrected chi connectivity index (χ1v) is 14.9. The minimum absolute atomic E-state index is 0.389. The van der Waals surface area contributed by atoms with Gasteiger partial charge in [0.2, 0.25) is 0 Å². The van der Waals surface area contributed by atoms with Gasteiger partial charge in [0.05, 0.1) is 0 Å². The van der Waals surface area contributed by atoms with Gasteiger partial charge in [-0.05, 0) is 138 Å². The number of rotatable bonds is 9. The number of unbranched alkanes of at least 4 members (excludes halogenated alkanes) is 3. The standard InChI is InChI=1S/C33H48F2/c1-3-4-5-6-7-8-9-25-11-13-26(14-12-25)27-15-17-28(18-16-27)29-19-21-30(22-20-29)31-23-10-24(2)32(34)33(31)35/h7-8,10,21,23,25-29H,3-6,9,11-20,22H2,1-2H3. The van der Waals surface area contributed by atoms with E-state index in [9.17, 15) is 8.78 Å². The van der Waals surface area contributed by atoms with Crippen LogP contribution in [0, 0.1) is 48.1 Å². The van der Waals surface area contributed by atoms with E-state index in [-0.39, 0.29) is 0 Å². The minimum atomic E-state index is -0.684. The molecule has 1 atom stereocenters. The van der Waals surface area contributed by atoms with E-state index in [1.54, 1.807) is 19.1 Å². The Morgan fingerprint density at radius 2 is 1.43 bits per heavy atom. The van der Waals surface area contributed by atoms with Crippen LogP contribution in [0.3, 0.4) is 0 Å². The summed E-state index contributed by atoms with van der Waals surface area (Å²) in [4.78, 5) is 0. The second-order valence-electron chi connectivity index (χ2n) is 12.0. The number of hydrogen-bond acceptors (Lipinski definition) is 0. The SMILES string of the molecule is CCCCCC=CCC1CCC(C2CCC(C3CC=C(c4ccc(C)c(F)c4F)CC3)CC2)CC1. The predicted octanol–water partition coefficient (Wildman–Crippen LogP) is 10.6. The molecule has 0 saturated heterocycles. The van der Waals surface area contributed by atoms with E-state index >= 15 is 0 Å². The molecule has 1 aromatic carbocycles. The number of aryl methyl sites for hydroxylation is 1. The zero-order valence-corrected chi connectivity index (χ0v) is 22.3.